The Hall–Kier alpha value is -0.360. The molecule has 0 aliphatic carbocycles. The van der Waals surface area contributed by atoms with Gasteiger partial charge in [0.2, 0.25) is 5.91 Å². The van der Waals surface area contributed by atoms with Crippen molar-refractivity contribution < 1.29 is 4.79 Å². The van der Waals surface area contributed by atoms with Crippen molar-refractivity contribution in [1.29, 1.82) is 0 Å². The number of nitrogens with one attached hydrogen (secondary N) is 1. The molecule has 7 heteroatoms. The van der Waals surface area contributed by atoms with Crippen molar-refractivity contribution >= 4 is 57.8 Å². The summed E-state index contributed by atoms with van der Waals surface area (Å²) in [6.45, 7) is 2.60. The number of rotatable bonds is 3. The summed E-state index contributed by atoms with van der Waals surface area (Å²) in [5.74, 6) is 0.853. The predicted octanol–water partition coefficient (Wildman–Crippen LogP) is 3.69. The molecule has 0 saturated carbocycles. The highest BCUT2D eigenvalue weighted by Crippen LogP contribution is 2.32. The first-order valence-corrected chi connectivity index (χ1v) is 8.28. The lowest BCUT2D eigenvalue weighted by atomic mass is 10.4. The van der Waals surface area contributed by atoms with Crippen molar-refractivity contribution in [2.45, 2.75) is 17.1 Å². The Morgan fingerprint density at radius 3 is 3.00 bits per heavy atom. The molecule has 1 amide bonds. The molecule has 1 atom stereocenters. The molecule has 1 aliphatic heterocycles. The Balaban J connectivity index is 1.97. The van der Waals surface area contributed by atoms with Gasteiger partial charge in [0, 0.05) is 15.7 Å². The van der Waals surface area contributed by atoms with Gasteiger partial charge in [-0.15, -0.1) is 11.8 Å². The van der Waals surface area contributed by atoms with Crippen LogP contribution in [0.3, 0.4) is 0 Å². The number of hydrogen-bond donors (Lipinski definition) is 1. The van der Waals surface area contributed by atoms with E-state index >= 15 is 0 Å². The number of amides is 1. The Kier molecular flexibility index (Phi) is 5.45. The normalized spacial score (nSPS) is 16.1. The minimum atomic E-state index is -0.264. The van der Waals surface area contributed by atoms with E-state index in [1.807, 2.05) is 6.92 Å². The van der Waals surface area contributed by atoms with Gasteiger partial charge in [0.15, 0.2) is 5.17 Å². The minimum absolute atomic E-state index is 0.0748. The smallest absolute Gasteiger partial charge is 0.239 e. The van der Waals surface area contributed by atoms with Crippen molar-refractivity contribution in [1.82, 2.24) is 5.32 Å². The van der Waals surface area contributed by atoms with Crippen LogP contribution in [0.2, 0.25) is 10.0 Å². The molecular weight excluding hydrogens is 323 g/mol. The number of benzene rings is 1. The van der Waals surface area contributed by atoms with E-state index in [0.717, 1.165) is 17.2 Å². The molecule has 1 heterocycles. The first-order chi connectivity index (χ1) is 9.06. The van der Waals surface area contributed by atoms with Gasteiger partial charge in [-0.3, -0.25) is 9.79 Å². The third-order valence-electron chi connectivity index (χ3n) is 2.38. The maximum absolute atomic E-state index is 12.0. The summed E-state index contributed by atoms with van der Waals surface area (Å²) in [7, 11) is 0. The topological polar surface area (TPSA) is 41.5 Å². The van der Waals surface area contributed by atoms with Crippen LogP contribution in [0.15, 0.2) is 28.1 Å². The fraction of sp³-hybridized carbons (Fsp3) is 0.333. The maximum Gasteiger partial charge on any atom is 0.239 e. The number of carbonyl (C=O) groups excluding carboxylic acids is 1. The van der Waals surface area contributed by atoms with Gasteiger partial charge in [0.1, 0.15) is 0 Å². The van der Waals surface area contributed by atoms with Crippen LogP contribution in [0.5, 0.6) is 0 Å². The molecule has 3 nitrogen and oxygen atoms in total. The third kappa shape index (κ3) is 4.31. The molecule has 1 aromatic carbocycles. The average molecular weight is 335 g/mol. The molecule has 1 aromatic rings. The number of halogens is 2. The fourth-order valence-electron chi connectivity index (χ4n) is 1.43. The second-order valence-electron chi connectivity index (χ2n) is 3.86. The molecule has 1 N–H and O–H groups in total. The molecule has 102 valence electrons. The maximum atomic E-state index is 12.0. The molecule has 0 bridgehead atoms. The van der Waals surface area contributed by atoms with Crippen molar-refractivity contribution in [2.24, 2.45) is 4.99 Å². The fourth-order valence-corrected chi connectivity index (χ4v) is 3.57. The van der Waals surface area contributed by atoms with E-state index in [1.54, 1.807) is 30.0 Å². The van der Waals surface area contributed by atoms with Crippen LogP contribution >= 0.6 is 46.7 Å². The van der Waals surface area contributed by atoms with Gasteiger partial charge in [0.25, 0.3) is 0 Å². The van der Waals surface area contributed by atoms with E-state index in [0.29, 0.717) is 15.2 Å². The number of hydrogen-bond acceptors (Lipinski definition) is 4. The summed E-state index contributed by atoms with van der Waals surface area (Å²) < 4.78 is 0. The van der Waals surface area contributed by atoms with Crippen molar-refractivity contribution in [3.05, 3.63) is 28.2 Å². The summed E-state index contributed by atoms with van der Waals surface area (Å²) in [5.41, 5.74) is 0. The van der Waals surface area contributed by atoms with Crippen LogP contribution in [-0.2, 0) is 4.79 Å². The SMILES string of the molecule is CC(Sc1cc(Cl)ccc1Cl)C(=O)NC1=NCCS1. The molecule has 1 aliphatic rings. The van der Waals surface area contributed by atoms with Crippen LogP contribution < -0.4 is 5.32 Å². The van der Waals surface area contributed by atoms with Crippen LogP contribution in [0.25, 0.3) is 0 Å². The monoisotopic (exact) mass is 334 g/mol. The Morgan fingerprint density at radius 1 is 1.53 bits per heavy atom. The zero-order valence-corrected chi connectivity index (χ0v) is 13.3. The summed E-state index contributed by atoms with van der Waals surface area (Å²) in [6, 6.07) is 5.22. The lowest BCUT2D eigenvalue weighted by Gasteiger charge is -2.12. The number of carbonyl (C=O) groups is 1. The van der Waals surface area contributed by atoms with Crippen molar-refractivity contribution in [2.75, 3.05) is 12.3 Å². The molecule has 0 aromatic heterocycles. The van der Waals surface area contributed by atoms with Gasteiger partial charge >= 0.3 is 0 Å². The molecule has 0 fully saturated rings. The van der Waals surface area contributed by atoms with E-state index in [1.165, 1.54) is 11.8 Å². The molecule has 1 unspecified atom stereocenters. The van der Waals surface area contributed by atoms with Gasteiger partial charge in [0.05, 0.1) is 16.8 Å². The Morgan fingerprint density at radius 2 is 2.32 bits per heavy atom. The number of nitrogens with zero attached hydrogens (tertiary/aromatic N) is 1. The third-order valence-corrected chi connectivity index (χ3v) is 5.11. The lowest BCUT2D eigenvalue weighted by molar-refractivity contribution is -0.118. The highest BCUT2D eigenvalue weighted by molar-refractivity contribution is 8.14. The van der Waals surface area contributed by atoms with Gasteiger partial charge in [-0.05, 0) is 25.1 Å². The number of amidine groups is 1. The summed E-state index contributed by atoms with van der Waals surface area (Å²) in [5, 5.41) is 4.45. The van der Waals surface area contributed by atoms with Crippen molar-refractivity contribution in [3.63, 3.8) is 0 Å². The van der Waals surface area contributed by atoms with Crippen molar-refractivity contribution in [3.8, 4) is 0 Å². The molecule has 0 spiro atoms. The summed E-state index contributed by atoms with van der Waals surface area (Å²) >= 11 is 14.9. The molecule has 2 rings (SSSR count). The van der Waals surface area contributed by atoms with Gasteiger partial charge < -0.3 is 5.32 Å². The number of aliphatic imine (C=N–C) groups is 1. The minimum Gasteiger partial charge on any atom is -0.304 e. The zero-order chi connectivity index (χ0) is 13.8. The predicted molar refractivity (Wildman–Crippen MR) is 84.7 cm³/mol. The zero-order valence-electron chi connectivity index (χ0n) is 10.2. The molecular formula is C12H12Cl2N2OS2. The van der Waals surface area contributed by atoms with Crippen LogP contribution in [0, 0.1) is 0 Å². The van der Waals surface area contributed by atoms with Crippen LogP contribution in [0.4, 0.5) is 0 Å². The van der Waals surface area contributed by atoms with E-state index in [-0.39, 0.29) is 11.2 Å². The van der Waals surface area contributed by atoms with Gasteiger partial charge in [-0.1, -0.05) is 35.0 Å². The van der Waals surface area contributed by atoms with Gasteiger partial charge in [-0.2, -0.15) is 0 Å². The lowest BCUT2D eigenvalue weighted by Crippen LogP contribution is -2.33. The van der Waals surface area contributed by atoms with E-state index < -0.39 is 0 Å². The largest absolute Gasteiger partial charge is 0.304 e. The standard InChI is InChI=1S/C12H12Cl2N2OS2/c1-7(11(17)16-12-15-4-5-18-12)19-10-6-8(13)2-3-9(10)14/h2-3,6-7H,4-5H2,1H3,(H,15,16,17). The van der Waals surface area contributed by atoms with E-state index in [9.17, 15) is 4.79 Å². The Labute approximate surface area is 130 Å². The first kappa shape index (κ1) is 15.0. The molecule has 0 radical (unpaired) electrons. The first-order valence-electron chi connectivity index (χ1n) is 5.66. The van der Waals surface area contributed by atoms with E-state index in [4.69, 9.17) is 23.2 Å². The van der Waals surface area contributed by atoms with Crippen LogP contribution in [0.1, 0.15) is 6.92 Å². The second-order valence-corrected chi connectivity index (χ2v) is 7.17. The van der Waals surface area contributed by atoms with E-state index in [2.05, 4.69) is 10.3 Å². The van der Waals surface area contributed by atoms with Gasteiger partial charge in [-0.25, -0.2) is 0 Å². The second kappa shape index (κ2) is 6.88. The highest BCUT2D eigenvalue weighted by atomic mass is 35.5. The summed E-state index contributed by atoms with van der Waals surface area (Å²) in [6.07, 6.45) is 0. The Bertz CT molecular complexity index is 522. The molecule has 19 heavy (non-hydrogen) atoms. The van der Waals surface area contributed by atoms with Crippen LogP contribution in [-0.4, -0.2) is 28.6 Å². The quantitative estimate of drug-likeness (QED) is 0.857. The summed E-state index contributed by atoms with van der Waals surface area (Å²) in [4.78, 5) is 17.0. The average Bonchev–Trinajstić information content (AvgIpc) is 2.86. The number of thioether (sulfide) groups is 2. The highest BCUT2D eigenvalue weighted by Gasteiger charge is 2.19. The molecule has 0 saturated heterocycles.